The van der Waals surface area contributed by atoms with Gasteiger partial charge in [-0.2, -0.15) is 0 Å². The highest BCUT2D eigenvalue weighted by atomic mass is 16.5. The van der Waals surface area contributed by atoms with Crippen LogP contribution in [0.5, 0.6) is 0 Å². The molecule has 3 N–H and O–H groups in total. The third-order valence-electron chi connectivity index (χ3n) is 3.31. The molecule has 0 radical (unpaired) electrons. The van der Waals surface area contributed by atoms with Crippen LogP contribution in [0.2, 0.25) is 0 Å². The van der Waals surface area contributed by atoms with E-state index >= 15 is 0 Å². The van der Waals surface area contributed by atoms with Gasteiger partial charge in [-0.1, -0.05) is 6.07 Å². The number of carbonyl (C=O) groups excluding carboxylic acids is 1. The molecule has 1 atom stereocenters. The zero-order chi connectivity index (χ0) is 13.7. The summed E-state index contributed by atoms with van der Waals surface area (Å²) in [6.45, 7) is 1.53. The van der Waals surface area contributed by atoms with Crippen molar-refractivity contribution in [3.8, 4) is 0 Å². The summed E-state index contributed by atoms with van der Waals surface area (Å²) < 4.78 is 10.3. The number of hydrogen-bond donors (Lipinski definition) is 2. The molecular weight excluding hydrogens is 244 g/mol. The molecule has 0 spiro atoms. The Kier molecular flexibility index (Phi) is 4.63. The Morgan fingerprint density at radius 1 is 1.53 bits per heavy atom. The molecule has 1 aromatic rings. The number of anilines is 2. The van der Waals surface area contributed by atoms with Crippen LogP contribution in [0, 0.1) is 0 Å². The van der Waals surface area contributed by atoms with Crippen LogP contribution in [0.15, 0.2) is 18.2 Å². The molecule has 0 saturated carbocycles. The molecule has 2 rings (SSSR count). The predicted octanol–water partition coefficient (Wildman–Crippen LogP) is 2.04. The van der Waals surface area contributed by atoms with Crippen molar-refractivity contribution in [2.45, 2.75) is 25.4 Å². The Bertz CT molecular complexity index is 442. The first-order valence-electron chi connectivity index (χ1n) is 6.54. The Labute approximate surface area is 113 Å². The smallest absolute Gasteiger partial charge is 0.340 e. The van der Waals surface area contributed by atoms with Gasteiger partial charge in [0, 0.05) is 13.2 Å². The van der Waals surface area contributed by atoms with Gasteiger partial charge in [-0.15, -0.1) is 0 Å². The standard InChI is InChI=1S/C14H20N2O3/c1-18-14(17)11-6-4-7-12(13(11)15)16-9-10-5-2-3-8-19-10/h4,6-7,10,16H,2-3,5,8-9,15H2,1H3. The minimum atomic E-state index is -0.421. The molecule has 1 fully saturated rings. The topological polar surface area (TPSA) is 73.6 Å². The largest absolute Gasteiger partial charge is 0.465 e. The van der Waals surface area contributed by atoms with E-state index < -0.39 is 5.97 Å². The second kappa shape index (κ2) is 6.43. The highest BCUT2D eigenvalue weighted by Gasteiger charge is 2.16. The maximum absolute atomic E-state index is 11.5. The molecule has 19 heavy (non-hydrogen) atoms. The van der Waals surface area contributed by atoms with E-state index in [1.807, 2.05) is 6.07 Å². The molecule has 1 aliphatic rings. The molecule has 0 aliphatic carbocycles. The Morgan fingerprint density at radius 2 is 2.37 bits per heavy atom. The van der Waals surface area contributed by atoms with E-state index in [1.165, 1.54) is 13.5 Å². The molecule has 5 nitrogen and oxygen atoms in total. The van der Waals surface area contributed by atoms with E-state index in [2.05, 4.69) is 5.32 Å². The number of benzene rings is 1. The summed E-state index contributed by atoms with van der Waals surface area (Å²) in [7, 11) is 1.34. The predicted molar refractivity (Wildman–Crippen MR) is 74.3 cm³/mol. The number of nitrogen functional groups attached to an aromatic ring is 1. The molecule has 1 heterocycles. The van der Waals surface area contributed by atoms with Gasteiger partial charge >= 0.3 is 5.97 Å². The number of carbonyl (C=O) groups is 1. The number of esters is 1. The van der Waals surface area contributed by atoms with E-state index in [0.29, 0.717) is 17.8 Å². The Morgan fingerprint density at radius 3 is 3.05 bits per heavy atom. The summed E-state index contributed by atoms with van der Waals surface area (Å²) in [5, 5.41) is 3.24. The van der Waals surface area contributed by atoms with Gasteiger partial charge in [-0.3, -0.25) is 0 Å². The lowest BCUT2D eigenvalue weighted by molar-refractivity contribution is 0.0248. The summed E-state index contributed by atoms with van der Waals surface area (Å²) in [5.41, 5.74) is 7.53. The number of methoxy groups -OCH3 is 1. The van der Waals surface area contributed by atoms with Crippen molar-refractivity contribution >= 4 is 17.3 Å². The van der Waals surface area contributed by atoms with Crippen molar-refractivity contribution in [2.24, 2.45) is 0 Å². The number of nitrogens with two attached hydrogens (primary N) is 1. The van der Waals surface area contributed by atoms with Crippen LogP contribution in [-0.2, 0) is 9.47 Å². The number of para-hydroxylation sites is 1. The SMILES string of the molecule is COC(=O)c1cccc(NCC2CCCCO2)c1N. The monoisotopic (exact) mass is 264 g/mol. The third kappa shape index (κ3) is 3.38. The number of hydrogen-bond acceptors (Lipinski definition) is 5. The molecule has 104 valence electrons. The summed E-state index contributed by atoms with van der Waals surface area (Å²) in [4.78, 5) is 11.5. The third-order valence-corrected chi connectivity index (χ3v) is 3.31. The van der Waals surface area contributed by atoms with Gasteiger partial charge < -0.3 is 20.5 Å². The van der Waals surface area contributed by atoms with Crippen LogP contribution in [0.1, 0.15) is 29.6 Å². The second-order valence-corrected chi connectivity index (χ2v) is 4.63. The van der Waals surface area contributed by atoms with E-state index in [0.717, 1.165) is 25.1 Å². The van der Waals surface area contributed by atoms with Gasteiger partial charge in [-0.25, -0.2) is 4.79 Å². The lowest BCUT2D eigenvalue weighted by Crippen LogP contribution is -2.27. The summed E-state index contributed by atoms with van der Waals surface area (Å²) in [6, 6.07) is 5.29. The van der Waals surface area contributed by atoms with Crippen molar-refractivity contribution in [1.29, 1.82) is 0 Å². The molecule has 1 aliphatic heterocycles. The second-order valence-electron chi connectivity index (χ2n) is 4.63. The maximum atomic E-state index is 11.5. The molecule has 1 aromatic carbocycles. The average molecular weight is 264 g/mol. The van der Waals surface area contributed by atoms with Gasteiger partial charge in [0.15, 0.2) is 0 Å². The van der Waals surface area contributed by atoms with Gasteiger partial charge in [0.25, 0.3) is 0 Å². The van der Waals surface area contributed by atoms with Crippen molar-refractivity contribution < 1.29 is 14.3 Å². The molecular formula is C14H20N2O3. The first-order valence-corrected chi connectivity index (χ1v) is 6.54. The van der Waals surface area contributed by atoms with Crippen LogP contribution >= 0.6 is 0 Å². The van der Waals surface area contributed by atoms with Crippen LogP contribution < -0.4 is 11.1 Å². The van der Waals surface area contributed by atoms with E-state index in [9.17, 15) is 4.79 Å². The van der Waals surface area contributed by atoms with Crippen molar-refractivity contribution in [3.05, 3.63) is 23.8 Å². The molecule has 0 aromatic heterocycles. The first-order chi connectivity index (χ1) is 9.22. The van der Waals surface area contributed by atoms with Crippen LogP contribution in [0.25, 0.3) is 0 Å². The first kappa shape index (κ1) is 13.7. The molecule has 1 unspecified atom stereocenters. The zero-order valence-electron chi connectivity index (χ0n) is 11.1. The van der Waals surface area contributed by atoms with E-state index in [-0.39, 0.29) is 6.10 Å². The van der Waals surface area contributed by atoms with Crippen molar-refractivity contribution in [3.63, 3.8) is 0 Å². The Hall–Kier alpha value is -1.75. The summed E-state index contributed by atoms with van der Waals surface area (Å²) in [5.74, 6) is -0.421. The molecule has 5 heteroatoms. The normalized spacial score (nSPS) is 18.9. The average Bonchev–Trinajstić information content (AvgIpc) is 2.46. The number of rotatable bonds is 4. The van der Waals surface area contributed by atoms with Gasteiger partial charge in [0.1, 0.15) is 0 Å². The quantitative estimate of drug-likeness (QED) is 0.643. The van der Waals surface area contributed by atoms with Crippen molar-refractivity contribution in [1.82, 2.24) is 0 Å². The molecule has 1 saturated heterocycles. The lowest BCUT2D eigenvalue weighted by atomic mass is 10.1. The van der Waals surface area contributed by atoms with Crippen molar-refractivity contribution in [2.75, 3.05) is 31.3 Å². The highest BCUT2D eigenvalue weighted by molar-refractivity contribution is 5.98. The fourth-order valence-electron chi connectivity index (χ4n) is 2.20. The lowest BCUT2D eigenvalue weighted by Gasteiger charge is -2.23. The zero-order valence-corrected chi connectivity index (χ0v) is 11.1. The van der Waals surface area contributed by atoms with Crippen LogP contribution in [-0.4, -0.2) is 32.3 Å². The fraction of sp³-hybridized carbons (Fsp3) is 0.500. The van der Waals surface area contributed by atoms with Crippen LogP contribution in [0.4, 0.5) is 11.4 Å². The van der Waals surface area contributed by atoms with Gasteiger partial charge in [0.05, 0.1) is 30.2 Å². The van der Waals surface area contributed by atoms with Gasteiger partial charge in [0.2, 0.25) is 0 Å². The van der Waals surface area contributed by atoms with Crippen LogP contribution in [0.3, 0.4) is 0 Å². The van der Waals surface area contributed by atoms with E-state index in [4.69, 9.17) is 15.2 Å². The Balaban J connectivity index is 2.01. The summed E-state index contributed by atoms with van der Waals surface area (Å²) >= 11 is 0. The summed E-state index contributed by atoms with van der Waals surface area (Å²) in [6.07, 6.45) is 3.61. The number of ether oxygens (including phenoxy) is 2. The highest BCUT2D eigenvalue weighted by Crippen LogP contribution is 2.24. The van der Waals surface area contributed by atoms with E-state index in [1.54, 1.807) is 12.1 Å². The molecule has 0 bridgehead atoms. The minimum Gasteiger partial charge on any atom is -0.465 e. The van der Waals surface area contributed by atoms with Gasteiger partial charge in [-0.05, 0) is 31.4 Å². The maximum Gasteiger partial charge on any atom is 0.340 e. The molecule has 0 amide bonds. The fourth-order valence-corrected chi connectivity index (χ4v) is 2.20. The number of nitrogens with one attached hydrogen (secondary N) is 1. The minimum absolute atomic E-state index is 0.218.